The summed E-state index contributed by atoms with van der Waals surface area (Å²) in [6, 6.07) is 8.40. The van der Waals surface area contributed by atoms with Gasteiger partial charge < -0.3 is 13.9 Å². The minimum absolute atomic E-state index is 0.118. The number of ether oxygens (including phenoxy) is 2. The van der Waals surface area contributed by atoms with Crippen LogP contribution in [-0.2, 0) is 0 Å². The van der Waals surface area contributed by atoms with Crippen molar-refractivity contribution in [3.63, 3.8) is 0 Å². The van der Waals surface area contributed by atoms with E-state index in [0.717, 1.165) is 0 Å². The first-order valence-electron chi connectivity index (χ1n) is 7.95. The normalized spacial score (nSPS) is 15.3. The lowest BCUT2D eigenvalue weighted by molar-refractivity contribution is -0.439. The third-order valence-electron chi connectivity index (χ3n) is 4.50. The van der Waals surface area contributed by atoms with Gasteiger partial charge in [-0.15, -0.1) is 0 Å². The molecule has 4 rings (SSSR count). The van der Waals surface area contributed by atoms with Crippen molar-refractivity contribution in [1.82, 2.24) is 0 Å². The van der Waals surface area contributed by atoms with E-state index in [4.69, 9.17) is 13.9 Å². The Morgan fingerprint density at radius 1 is 1.23 bits per heavy atom. The van der Waals surface area contributed by atoms with Crippen LogP contribution in [0.4, 0.5) is 0 Å². The molecule has 0 bridgehead atoms. The summed E-state index contributed by atoms with van der Waals surface area (Å²) in [6.45, 7) is 3.22. The molecule has 1 aliphatic heterocycles. The lowest BCUT2D eigenvalue weighted by Crippen LogP contribution is -2.36. The summed E-state index contributed by atoms with van der Waals surface area (Å²) in [5, 5.41) is 12.1. The van der Waals surface area contributed by atoms with Crippen LogP contribution < -0.4 is 14.9 Å². The first-order valence-corrected chi connectivity index (χ1v) is 7.95. The van der Waals surface area contributed by atoms with Crippen molar-refractivity contribution in [3.8, 4) is 11.5 Å². The average molecular weight is 353 g/mol. The van der Waals surface area contributed by atoms with Crippen LogP contribution >= 0.6 is 0 Å². The Morgan fingerprint density at radius 2 is 1.96 bits per heavy atom. The number of nitrogens with zero attached hydrogens (tertiary/aromatic N) is 1. The Labute approximate surface area is 147 Å². The summed E-state index contributed by atoms with van der Waals surface area (Å²) in [4.78, 5) is 23.9. The molecule has 3 aromatic rings. The molecule has 7 nitrogen and oxygen atoms in total. The van der Waals surface area contributed by atoms with E-state index in [2.05, 4.69) is 0 Å². The fourth-order valence-corrected chi connectivity index (χ4v) is 3.23. The maximum atomic E-state index is 13.0. The third kappa shape index (κ3) is 2.17. The van der Waals surface area contributed by atoms with Gasteiger partial charge in [0.1, 0.15) is 22.5 Å². The number of rotatable bonds is 2. The van der Waals surface area contributed by atoms with Crippen LogP contribution in [-0.4, -0.2) is 17.6 Å². The second-order valence-corrected chi connectivity index (χ2v) is 6.52. The topological polar surface area (TPSA) is 91.8 Å². The number of para-hydroxylation sites is 1. The highest BCUT2D eigenvalue weighted by Crippen LogP contribution is 2.43. The first-order chi connectivity index (χ1) is 12.3. The third-order valence-corrected chi connectivity index (χ3v) is 4.50. The van der Waals surface area contributed by atoms with Crippen LogP contribution in [0.25, 0.3) is 28.0 Å². The van der Waals surface area contributed by atoms with Crippen molar-refractivity contribution in [3.05, 3.63) is 61.9 Å². The number of hydrogen-bond donors (Lipinski definition) is 0. The summed E-state index contributed by atoms with van der Waals surface area (Å²) in [6.07, 6.45) is 1.40. The van der Waals surface area contributed by atoms with Gasteiger partial charge in [0.05, 0.1) is 23.0 Å². The molecule has 0 fully saturated rings. The van der Waals surface area contributed by atoms with Gasteiger partial charge in [-0.05, 0) is 26.0 Å². The highest BCUT2D eigenvalue weighted by atomic mass is 16.6. The molecule has 132 valence electrons. The number of hydrogen-bond acceptors (Lipinski definition) is 6. The van der Waals surface area contributed by atoms with Gasteiger partial charge in [0.25, 0.3) is 5.70 Å². The van der Waals surface area contributed by atoms with Crippen molar-refractivity contribution < 1.29 is 18.8 Å². The molecule has 0 unspecified atom stereocenters. The van der Waals surface area contributed by atoms with Crippen molar-refractivity contribution in [1.29, 1.82) is 0 Å². The summed E-state index contributed by atoms with van der Waals surface area (Å²) in [5.74, 6) is 0.662. The largest absolute Gasteiger partial charge is 0.496 e. The monoisotopic (exact) mass is 353 g/mol. The molecule has 26 heavy (non-hydrogen) atoms. The second kappa shape index (κ2) is 5.32. The number of fused-ring (bicyclic) bond motifs is 4. The fourth-order valence-electron chi connectivity index (χ4n) is 3.23. The molecule has 0 atom stereocenters. The standard InChI is InChI=1S/C19H15NO6/c1-19(2)15(20(22)23)8-11-13(26-19)9-14(24-3)16-17(21)10-6-4-5-7-12(10)25-18(11)16/h4-9H,1-3H3. The maximum absolute atomic E-state index is 13.0. The summed E-state index contributed by atoms with van der Waals surface area (Å²) in [7, 11) is 1.45. The van der Waals surface area contributed by atoms with Crippen LogP contribution in [0.1, 0.15) is 19.4 Å². The Balaban J connectivity index is 2.20. The SMILES string of the molecule is COc1cc2c(c3oc4ccccc4c(=O)c13)C=C([N+](=O)[O-])C(C)(C)O2. The van der Waals surface area contributed by atoms with Gasteiger partial charge in [-0.1, -0.05) is 12.1 Å². The van der Waals surface area contributed by atoms with Crippen LogP contribution in [0.2, 0.25) is 0 Å². The molecule has 2 aromatic carbocycles. The van der Waals surface area contributed by atoms with E-state index in [1.807, 2.05) is 0 Å². The Hall–Kier alpha value is -3.35. The zero-order valence-corrected chi connectivity index (χ0v) is 14.4. The van der Waals surface area contributed by atoms with Gasteiger partial charge in [-0.3, -0.25) is 14.9 Å². The van der Waals surface area contributed by atoms with E-state index in [9.17, 15) is 14.9 Å². The molecule has 0 radical (unpaired) electrons. The highest BCUT2D eigenvalue weighted by Gasteiger charge is 2.41. The Kier molecular flexibility index (Phi) is 3.30. The summed E-state index contributed by atoms with van der Waals surface area (Å²) >= 11 is 0. The predicted octanol–water partition coefficient (Wildman–Crippen LogP) is 3.74. The summed E-state index contributed by atoms with van der Waals surface area (Å²) in [5.41, 5.74) is -0.560. The van der Waals surface area contributed by atoms with Gasteiger partial charge in [0.15, 0.2) is 11.2 Å². The van der Waals surface area contributed by atoms with E-state index < -0.39 is 10.5 Å². The molecule has 0 saturated carbocycles. The minimum Gasteiger partial charge on any atom is -0.496 e. The van der Waals surface area contributed by atoms with Gasteiger partial charge in [0.2, 0.25) is 5.43 Å². The Bertz CT molecular complexity index is 1170. The molecule has 2 heterocycles. The molecule has 1 aliphatic rings. The molecular weight excluding hydrogens is 338 g/mol. The minimum atomic E-state index is -1.13. The number of nitro groups is 1. The van der Waals surface area contributed by atoms with Crippen molar-refractivity contribution in [2.45, 2.75) is 19.4 Å². The average Bonchev–Trinajstić information content (AvgIpc) is 2.59. The van der Waals surface area contributed by atoms with Crippen LogP contribution in [0.3, 0.4) is 0 Å². The van der Waals surface area contributed by atoms with Crippen LogP contribution in [0.5, 0.6) is 11.5 Å². The van der Waals surface area contributed by atoms with Gasteiger partial charge in [0, 0.05) is 12.1 Å². The lowest BCUT2D eigenvalue weighted by Gasteiger charge is -2.28. The Morgan fingerprint density at radius 3 is 2.65 bits per heavy atom. The molecule has 0 amide bonds. The van der Waals surface area contributed by atoms with Crippen LogP contribution in [0, 0.1) is 10.1 Å². The molecular formula is C19H15NO6. The van der Waals surface area contributed by atoms with Gasteiger partial charge in [-0.2, -0.15) is 0 Å². The van der Waals surface area contributed by atoms with E-state index in [1.165, 1.54) is 13.2 Å². The van der Waals surface area contributed by atoms with Crippen LogP contribution in [0.15, 0.2) is 45.2 Å². The van der Waals surface area contributed by atoms with E-state index in [0.29, 0.717) is 28.0 Å². The number of benzene rings is 2. The molecule has 0 saturated heterocycles. The van der Waals surface area contributed by atoms with Gasteiger partial charge in [-0.25, -0.2) is 0 Å². The smallest absolute Gasteiger partial charge is 0.289 e. The maximum Gasteiger partial charge on any atom is 0.289 e. The molecule has 7 heteroatoms. The first kappa shape index (κ1) is 16.1. The summed E-state index contributed by atoms with van der Waals surface area (Å²) < 4.78 is 17.2. The number of methoxy groups -OCH3 is 1. The molecule has 0 spiro atoms. The highest BCUT2D eigenvalue weighted by molar-refractivity contribution is 5.99. The van der Waals surface area contributed by atoms with Gasteiger partial charge >= 0.3 is 0 Å². The zero-order chi connectivity index (χ0) is 18.6. The quantitative estimate of drug-likeness (QED) is 0.396. The zero-order valence-electron chi connectivity index (χ0n) is 14.4. The molecule has 0 N–H and O–H groups in total. The molecule has 1 aromatic heterocycles. The van der Waals surface area contributed by atoms with E-state index >= 15 is 0 Å². The van der Waals surface area contributed by atoms with Crippen molar-refractivity contribution >= 4 is 28.0 Å². The predicted molar refractivity (Wildman–Crippen MR) is 96.2 cm³/mol. The van der Waals surface area contributed by atoms with Crippen molar-refractivity contribution in [2.24, 2.45) is 0 Å². The van der Waals surface area contributed by atoms with E-state index in [1.54, 1.807) is 44.2 Å². The fraction of sp³-hybridized carbons (Fsp3) is 0.211. The molecule has 0 aliphatic carbocycles. The van der Waals surface area contributed by atoms with E-state index in [-0.39, 0.29) is 22.1 Å². The van der Waals surface area contributed by atoms with Crippen molar-refractivity contribution in [2.75, 3.05) is 7.11 Å². The lowest BCUT2D eigenvalue weighted by atomic mass is 9.96. The second-order valence-electron chi connectivity index (χ2n) is 6.52.